The summed E-state index contributed by atoms with van der Waals surface area (Å²) in [6.45, 7) is 5.72. The van der Waals surface area contributed by atoms with Crippen LogP contribution in [0.25, 0.3) is 0 Å². The molecule has 8 heteroatoms. The Bertz CT molecular complexity index is 1030. The van der Waals surface area contributed by atoms with Gasteiger partial charge in [0.25, 0.3) is 5.91 Å². The van der Waals surface area contributed by atoms with Crippen LogP contribution in [0.5, 0.6) is 0 Å². The molecule has 0 unspecified atom stereocenters. The summed E-state index contributed by atoms with van der Waals surface area (Å²) in [7, 11) is -3.57. The number of piperidine rings is 1. The highest BCUT2D eigenvalue weighted by Crippen LogP contribution is 2.21. The minimum atomic E-state index is -3.57. The Morgan fingerprint density at radius 1 is 0.906 bits per heavy atom. The molecular formula is C24H31N3O4S. The molecule has 2 fully saturated rings. The molecule has 0 aliphatic carbocycles. The van der Waals surface area contributed by atoms with Gasteiger partial charge in [-0.25, -0.2) is 8.42 Å². The molecule has 2 heterocycles. The lowest BCUT2D eigenvalue weighted by molar-refractivity contribution is 0.0342. The fourth-order valence-corrected chi connectivity index (χ4v) is 5.76. The van der Waals surface area contributed by atoms with Gasteiger partial charge in [-0.05, 0) is 42.2 Å². The van der Waals surface area contributed by atoms with Crippen molar-refractivity contribution in [3.63, 3.8) is 0 Å². The van der Waals surface area contributed by atoms with Crippen LogP contribution in [-0.4, -0.2) is 62.9 Å². The molecule has 0 saturated carbocycles. The van der Waals surface area contributed by atoms with Crippen LogP contribution in [0.1, 0.15) is 40.7 Å². The summed E-state index contributed by atoms with van der Waals surface area (Å²) in [6, 6.07) is 14.5. The summed E-state index contributed by atoms with van der Waals surface area (Å²) in [5, 5.41) is 2.92. The minimum Gasteiger partial charge on any atom is -0.379 e. The molecule has 0 spiro atoms. The third-order valence-corrected chi connectivity index (χ3v) is 7.90. The molecule has 32 heavy (non-hydrogen) atoms. The van der Waals surface area contributed by atoms with Gasteiger partial charge in [0, 0.05) is 44.8 Å². The van der Waals surface area contributed by atoms with Crippen molar-refractivity contribution >= 4 is 15.9 Å². The van der Waals surface area contributed by atoms with E-state index < -0.39 is 10.0 Å². The van der Waals surface area contributed by atoms with Crippen molar-refractivity contribution in [2.45, 2.75) is 37.2 Å². The van der Waals surface area contributed by atoms with Gasteiger partial charge >= 0.3 is 0 Å². The minimum absolute atomic E-state index is 0.180. The zero-order valence-electron chi connectivity index (χ0n) is 18.3. The molecule has 2 aromatic carbocycles. The number of nitrogens with one attached hydrogen (secondary N) is 1. The first kappa shape index (κ1) is 22.9. The summed E-state index contributed by atoms with van der Waals surface area (Å²) in [5.74, 6) is -0.278. The molecule has 2 saturated heterocycles. The zero-order chi connectivity index (χ0) is 22.4. The first-order valence-corrected chi connectivity index (χ1v) is 12.7. The van der Waals surface area contributed by atoms with E-state index in [0.717, 1.165) is 57.7 Å². The maximum absolute atomic E-state index is 12.9. The molecule has 2 aliphatic rings. The second-order valence-electron chi connectivity index (χ2n) is 8.38. The number of carbonyl (C=O) groups excluding carboxylic acids is 1. The molecule has 2 aliphatic heterocycles. The van der Waals surface area contributed by atoms with Crippen LogP contribution in [0.3, 0.4) is 0 Å². The Morgan fingerprint density at radius 2 is 1.62 bits per heavy atom. The maximum atomic E-state index is 12.9. The van der Waals surface area contributed by atoms with Crippen molar-refractivity contribution < 1.29 is 17.9 Å². The third kappa shape index (κ3) is 5.75. The number of hydrogen-bond acceptors (Lipinski definition) is 5. The van der Waals surface area contributed by atoms with Crippen molar-refractivity contribution in [2.75, 3.05) is 39.4 Å². The Kier molecular flexibility index (Phi) is 7.57. The van der Waals surface area contributed by atoms with E-state index in [9.17, 15) is 13.2 Å². The van der Waals surface area contributed by atoms with E-state index in [0.29, 0.717) is 25.2 Å². The third-order valence-electron chi connectivity index (χ3n) is 6.00. The zero-order valence-corrected chi connectivity index (χ0v) is 19.1. The van der Waals surface area contributed by atoms with Crippen LogP contribution in [0.4, 0.5) is 0 Å². The molecule has 1 amide bonds. The maximum Gasteiger partial charge on any atom is 0.251 e. The van der Waals surface area contributed by atoms with Gasteiger partial charge in [-0.1, -0.05) is 36.8 Å². The van der Waals surface area contributed by atoms with E-state index in [4.69, 9.17) is 4.74 Å². The van der Waals surface area contributed by atoms with Crippen LogP contribution < -0.4 is 5.32 Å². The quantitative estimate of drug-likeness (QED) is 0.692. The summed E-state index contributed by atoms with van der Waals surface area (Å²) in [4.78, 5) is 15.3. The fraction of sp³-hybridized carbons (Fsp3) is 0.458. The number of nitrogens with zero attached hydrogens (tertiary/aromatic N) is 2. The van der Waals surface area contributed by atoms with Gasteiger partial charge in [0.15, 0.2) is 0 Å². The van der Waals surface area contributed by atoms with E-state index >= 15 is 0 Å². The Labute approximate surface area is 190 Å². The van der Waals surface area contributed by atoms with Gasteiger partial charge in [0.1, 0.15) is 0 Å². The van der Waals surface area contributed by atoms with Gasteiger partial charge in [0.05, 0.1) is 18.1 Å². The van der Waals surface area contributed by atoms with Crippen LogP contribution in [-0.2, 0) is 27.8 Å². The smallest absolute Gasteiger partial charge is 0.251 e. The van der Waals surface area contributed by atoms with Gasteiger partial charge in [0.2, 0.25) is 10.0 Å². The normalized spacial score (nSPS) is 18.4. The van der Waals surface area contributed by atoms with E-state index in [1.54, 1.807) is 18.2 Å². The molecule has 0 aromatic heterocycles. The highest BCUT2D eigenvalue weighted by atomic mass is 32.2. The predicted octanol–water partition coefficient (Wildman–Crippen LogP) is 2.62. The number of amides is 1. The molecule has 1 N–H and O–H groups in total. The summed E-state index contributed by atoms with van der Waals surface area (Å²) in [6.07, 6.45) is 2.82. The lowest BCUT2D eigenvalue weighted by atomic mass is 10.1. The first-order valence-electron chi connectivity index (χ1n) is 11.3. The molecule has 0 atom stereocenters. The Balaban J connectivity index is 1.38. The lowest BCUT2D eigenvalue weighted by Crippen LogP contribution is -2.35. The number of benzene rings is 2. The molecule has 0 bridgehead atoms. The Morgan fingerprint density at radius 3 is 2.41 bits per heavy atom. The molecular weight excluding hydrogens is 426 g/mol. The highest BCUT2D eigenvalue weighted by Gasteiger charge is 2.26. The number of rotatable bonds is 7. The van der Waals surface area contributed by atoms with E-state index in [2.05, 4.69) is 22.3 Å². The standard InChI is InChI=1S/C24H31N3O4S/c28-24(22-8-5-9-23(17-22)32(29,30)27-10-2-1-3-11-27)25-18-20-6-4-7-21(16-20)19-26-12-14-31-15-13-26/h4-9,16-17H,1-3,10-15,18-19H2,(H,25,28). The van der Waals surface area contributed by atoms with Crippen molar-refractivity contribution in [3.05, 3.63) is 65.2 Å². The molecule has 4 rings (SSSR count). The SMILES string of the molecule is O=C(NCc1cccc(CN2CCOCC2)c1)c1cccc(S(=O)(=O)N2CCCCC2)c1. The van der Waals surface area contributed by atoms with Crippen LogP contribution in [0, 0.1) is 0 Å². The average molecular weight is 458 g/mol. The van der Waals surface area contributed by atoms with Gasteiger partial charge in [-0.2, -0.15) is 4.31 Å². The summed E-state index contributed by atoms with van der Waals surface area (Å²) in [5.41, 5.74) is 2.57. The second kappa shape index (κ2) is 10.6. The lowest BCUT2D eigenvalue weighted by Gasteiger charge is -2.26. The van der Waals surface area contributed by atoms with Crippen molar-refractivity contribution in [1.29, 1.82) is 0 Å². The number of ether oxygens (including phenoxy) is 1. The summed E-state index contributed by atoms with van der Waals surface area (Å²) >= 11 is 0. The predicted molar refractivity (Wildman–Crippen MR) is 123 cm³/mol. The number of sulfonamides is 1. The van der Waals surface area contributed by atoms with Crippen LogP contribution >= 0.6 is 0 Å². The first-order chi connectivity index (χ1) is 15.5. The average Bonchev–Trinajstić information content (AvgIpc) is 2.84. The van der Waals surface area contributed by atoms with Crippen LogP contribution in [0.2, 0.25) is 0 Å². The van der Waals surface area contributed by atoms with E-state index in [-0.39, 0.29) is 10.8 Å². The van der Waals surface area contributed by atoms with Gasteiger partial charge in [-0.3, -0.25) is 9.69 Å². The van der Waals surface area contributed by atoms with E-state index in [1.165, 1.54) is 15.9 Å². The largest absolute Gasteiger partial charge is 0.379 e. The van der Waals surface area contributed by atoms with Crippen molar-refractivity contribution in [2.24, 2.45) is 0 Å². The molecule has 0 radical (unpaired) electrons. The molecule has 2 aromatic rings. The van der Waals surface area contributed by atoms with Crippen LogP contribution in [0.15, 0.2) is 53.4 Å². The number of morpholine rings is 1. The summed E-state index contributed by atoms with van der Waals surface area (Å²) < 4.78 is 32.8. The van der Waals surface area contributed by atoms with Gasteiger partial charge < -0.3 is 10.1 Å². The van der Waals surface area contributed by atoms with E-state index in [1.807, 2.05) is 12.1 Å². The number of carbonyl (C=O) groups is 1. The molecule has 7 nitrogen and oxygen atoms in total. The Hall–Kier alpha value is -2.26. The molecule has 172 valence electrons. The van der Waals surface area contributed by atoms with Gasteiger partial charge in [-0.15, -0.1) is 0 Å². The number of hydrogen-bond donors (Lipinski definition) is 1. The monoisotopic (exact) mass is 457 g/mol. The second-order valence-corrected chi connectivity index (χ2v) is 10.3. The fourth-order valence-electron chi connectivity index (χ4n) is 4.19. The topological polar surface area (TPSA) is 79.0 Å². The van der Waals surface area contributed by atoms with Crippen molar-refractivity contribution in [3.8, 4) is 0 Å². The van der Waals surface area contributed by atoms with Crippen molar-refractivity contribution in [1.82, 2.24) is 14.5 Å². The highest BCUT2D eigenvalue weighted by molar-refractivity contribution is 7.89.